The number of benzene rings is 2. The Morgan fingerprint density at radius 2 is 1.86 bits per heavy atom. The van der Waals surface area contributed by atoms with E-state index in [1.54, 1.807) is 18.2 Å². The first-order valence-electron chi connectivity index (χ1n) is 9.57. The van der Waals surface area contributed by atoms with Gasteiger partial charge < -0.3 is 15.4 Å². The number of nitrogens with one attached hydrogen (secondary N) is 2. The third-order valence-electron chi connectivity index (χ3n) is 4.85. The minimum atomic E-state index is -0.622. The number of fused-ring (bicyclic) bond motifs is 1. The van der Waals surface area contributed by atoms with E-state index in [1.165, 1.54) is 0 Å². The lowest BCUT2D eigenvalue weighted by Crippen LogP contribution is -2.29. The molecular formula is C22H23ClN2O4. The van der Waals surface area contributed by atoms with E-state index in [2.05, 4.69) is 10.6 Å². The number of hydrogen-bond donors (Lipinski definition) is 2. The molecule has 2 aromatic carbocycles. The number of ether oxygens (including phenoxy) is 1. The quantitative estimate of drug-likeness (QED) is 0.650. The maximum atomic E-state index is 12.2. The lowest BCUT2D eigenvalue weighted by molar-refractivity contribution is -0.120. The molecule has 2 N–H and O–H groups in total. The van der Waals surface area contributed by atoms with Crippen LogP contribution in [0.2, 0.25) is 0 Å². The lowest BCUT2D eigenvalue weighted by Gasteiger charge is -2.26. The van der Waals surface area contributed by atoms with Crippen molar-refractivity contribution >= 4 is 28.7 Å². The second-order valence-electron chi connectivity index (χ2n) is 6.93. The zero-order valence-electron chi connectivity index (χ0n) is 15.9. The topological polar surface area (TPSA) is 84.5 Å². The van der Waals surface area contributed by atoms with Crippen LogP contribution in [0.15, 0.2) is 48.5 Å². The van der Waals surface area contributed by atoms with E-state index in [1.807, 2.05) is 30.3 Å². The molecule has 7 heteroatoms. The van der Waals surface area contributed by atoms with Crippen molar-refractivity contribution in [2.24, 2.45) is 0 Å². The van der Waals surface area contributed by atoms with E-state index < -0.39 is 5.24 Å². The van der Waals surface area contributed by atoms with Gasteiger partial charge in [0.1, 0.15) is 5.75 Å². The maximum absolute atomic E-state index is 12.2. The van der Waals surface area contributed by atoms with Crippen molar-refractivity contribution in [1.82, 2.24) is 10.6 Å². The third kappa shape index (κ3) is 6.06. The van der Waals surface area contributed by atoms with Crippen LogP contribution < -0.4 is 15.4 Å². The largest absolute Gasteiger partial charge is 0.493 e. The predicted molar refractivity (Wildman–Crippen MR) is 110 cm³/mol. The molecule has 2 amide bonds. The van der Waals surface area contributed by atoms with Crippen LogP contribution in [0.25, 0.3) is 0 Å². The highest BCUT2D eigenvalue weighted by Crippen LogP contribution is 2.36. The van der Waals surface area contributed by atoms with Crippen molar-refractivity contribution in [3.05, 3.63) is 65.2 Å². The molecule has 0 spiro atoms. The molecule has 152 valence electrons. The maximum Gasteiger partial charge on any atom is 0.251 e. The molecule has 0 saturated heterocycles. The molecule has 1 aliphatic rings. The minimum absolute atomic E-state index is 0.0117. The summed E-state index contributed by atoms with van der Waals surface area (Å²) in [7, 11) is 0. The summed E-state index contributed by atoms with van der Waals surface area (Å²) in [5.74, 6) is 0.560. The summed E-state index contributed by atoms with van der Waals surface area (Å²) in [4.78, 5) is 35.2. The molecule has 3 rings (SSSR count). The highest BCUT2D eigenvalue weighted by Gasteiger charge is 2.23. The number of halogens is 1. The number of carbonyl (C=O) groups is 3. The van der Waals surface area contributed by atoms with Crippen molar-refractivity contribution in [3.8, 4) is 5.75 Å². The van der Waals surface area contributed by atoms with Gasteiger partial charge in [-0.15, -0.1) is 0 Å². The molecule has 1 unspecified atom stereocenters. The van der Waals surface area contributed by atoms with Crippen LogP contribution in [0.1, 0.15) is 40.2 Å². The van der Waals surface area contributed by atoms with Crippen molar-refractivity contribution in [2.75, 3.05) is 19.7 Å². The zero-order chi connectivity index (χ0) is 20.6. The molecule has 1 heterocycles. The molecule has 0 radical (unpaired) electrons. The first-order valence-corrected chi connectivity index (χ1v) is 9.94. The molecule has 0 aromatic heterocycles. The van der Waals surface area contributed by atoms with Gasteiger partial charge in [-0.25, -0.2) is 0 Å². The van der Waals surface area contributed by atoms with Crippen LogP contribution in [-0.2, 0) is 16.0 Å². The van der Waals surface area contributed by atoms with Gasteiger partial charge in [0, 0.05) is 12.1 Å². The third-order valence-corrected chi connectivity index (χ3v) is 4.98. The normalized spacial score (nSPS) is 15.0. The Labute approximate surface area is 174 Å². The number of amides is 2. The smallest absolute Gasteiger partial charge is 0.251 e. The fourth-order valence-corrected chi connectivity index (χ4v) is 3.45. The van der Waals surface area contributed by atoms with E-state index in [0.29, 0.717) is 25.1 Å². The Hall–Kier alpha value is -2.86. The van der Waals surface area contributed by atoms with Crippen LogP contribution in [0.4, 0.5) is 0 Å². The summed E-state index contributed by atoms with van der Waals surface area (Å²) < 4.78 is 5.70. The first-order chi connectivity index (χ1) is 14.0. The van der Waals surface area contributed by atoms with Gasteiger partial charge in [0.05, 0.1) is 19.6 Å². The van der Waals surface area contributed by atoms with Gasteiger partial charge in [0.25, 0.3) is 5.91 Å². The molecule has 2 aromatic rings. The lowest BCUT2D eigenvalue weighted by atomic mass is 9.89. The molecule has 1 aliphatic heterocycles. The van der Waals surface area contributed by atoms with Crippen LogP contribution in [-0.4, -0.2) is 36.8 Å². The van der Waals surface area contributed by atoms with Gasteiger partial charge in [0.2, 0.25) is 11.1 Å². The van der Waals surface area contributed by atoms with Gasteiger partial charge in [-0.05, 0) is 59.7 Å². The molecule has 0 bridgehead atoms. The molecule has 29 heavy (non-hydrogen) atoms. The minimum Gasteiger partial charge on any atom is -0.493 e. The number of rotatable bonds is 8. The van der Waals surface area contributed by atoms with Crippen molar-refractivity contribution in [2.45, 2.75) is 25.2 Å². The molecule has 1 atom stereocenters. The van der Waals surface area contributed by atoms with Crippen LogP contribution in [0.5, 0.6) is 5.75 Å². The fourth-order valence-electron chi connectivity index (χ4n) is 3.39. The molecule has 0 fully saturated rings. The number of hydrogen-bond acceptors (Lipinski definition) is 4. The standard InChI is InChI=1S/C22H23ClN2O4/c23-20(26)14-25-22(28)17-6-7-19-18(13-17)16(9-11-29-19)8-10-24-21(27)12-15-4-2-1-3-5-15/h1-7,13,16H,8-12,14H2,(H,24,27)(H,25,28). The average molecular weight is 415 g/mol. The SMILES string of the molecule is O=C(Cl)CNC(=O)c1ccc2c(c1)C(CCNC(=O)Cc1ccccc1)CCO2. The summed E-state index contributed by atoms with van der Waals surface area (Å²) in [6.07, 6.45) is 1.92. The van der Waals surface area contributed by atoms with Gasteiger partial charge >= 0.3 is 0 Å². The van der Waals surface area contributed by atoms with Gasteiger partial charge in [0.15, 0.2) is 0 Å². The predicted octanol–water partition coefficient (Wildman–Crippen LogP) is 2.80. The number of carbonyl (C=O) groups excluding carboxylic acids is 3. The van der Waals surface area contributed by atoms with Crippen LogP contribution >= 0.6 is 11.6 Å². The second-order valence-corrected chi connectivity index (χ2v) is 7.35. The summed E-state index contributed by atoms with van der Waals surface area (Å²) in [5, 5.41) is 4.83. The molecule has 0 saturated carbocycles. The average Bonchev–Trinajstić information content (AvgIpc) is 2.72. The first kappa shape index (κ1) is 20.9. The summed E-state index contributed by atoms with van der Waals surface area (Å²) in [6.45, 7) is 0.930. The Bertz CT molecular complexity index is 886. The Morgan fingerprint density at radius 3 is 2.62 bits per heavy atom. The summed E-state index contributed by atoms with van der Waals surface area (Å²) in [6, 6.07) is 14.8. The zero-order valence-corrected chi connectivity index (χ0v) is 16.7. The second kappa shape index (κ2) is 10.1. The Kier molecular flexibility index (Phi) is 7.25. The van der Waals surface area contributed by atoms with Crippen molar-refractivity contribution < 1.29 is 19.1 Å². The van der Waals surface area contributed by atoms with Crippen LogP contribution in [0.3, 0.4) is 0 Å². The molecule has 6 nitrogen and oxygen atoms in total. The van der Waals surface area contributed by atoms with E-state index >= 15 is 0 Å². The van der Waals surface area contributed by atoms with Crippen molar-refractivity contribution in [1.29, 1.82) is 0 Å². The summed E-state index contributed by atoms with van der Waals surface area (Å²) in [5.41, 5.74) is 2.37. The van der Waals surface area contributed by atoms with E-state index in [9.17, 15) is 14.4 Å². The van der Waals surface area contributed by atoms with E-state index in [0.717, 1.165) is 29.7 Å². The van der Waals surface area contributed by atoms with Gasteiger partial charge in [-0.3, -0.25) is 14.4 Å². The molecular weight excluding hydrogens is 392 g/mol. The van der Waals surface area contributed by atoms with Gasteiger partial charge in [-0.1, -0.05) is 30.3 Å². The van der Waals surface area contributed by atoms with E-state index in [-0.39, 0.29) is 24.3 Å². The summed E-state index contributed by atoms with van der Waals surface area (Å²) >= 11 is 5.27. The van der Waals surface area contributed by atoms with Crippen LogP contribution in [0, 0.1) is 0 Å². The monoisotopic (exact) mass is 414 g/mol. The van der Waals surface area contributed by atoms with Gasteiger partial charge in [-0.2, -0.15) is 0 Å². The van der Waals surface area contributed by atoms with Crippen molar-refractivity contribution in [3.63, 3.8) is 0 Å². The molecule has 0 aliphatic carbocycles. The Morgan fingerprint density at radius 1 is 1.07 bits per heavy atom. The fraction of sp³-hybridized carbons (Fsp3) is 0.318. The van der Waals surface area contributed by atoms with E-state index in [4.69, 9.17) is 16.3 Å². The highest BCUT2D eigenvalue weighted by atomic mass is 35.5. The highest BCUT2D eigenvalue weighted by molar-refractivity contribution is 6.64. The Balaban J connectivity index is 1.57.